The highest BCUT2D eigenvalue weighted by molar-refractivity contribution is 4.71. The second-order valence-electron chi connectivity index (χ2n) is 3.34. The minimum atomic E-state index is -0.500. The van der Waals surface area contributed by atoms with Crippen molar-refractivity contribution >= 4 is 0 Å². The lowest BCUT2D eigenvalue weighted by molar-refractivity contribution is 0.111. The topological polar surface area (TPSA) is 69.7 Å². The van der Waals surface area contributed by atoms with E-state index in [0.29, 0.717) is 12.8 Å². The summed E-state index contributed by atoms with van der Waals surface area (Å²) in [6.07, 6.45) is 0.627. The van der Waals surface area contributed by atoms with E-state index >= 15 is 0 Å². The molecule has 0 rings (SSSR count). The summed E-state index contributed by atoms with van der Waals surface area (Å²) in [5.41, 5.74) is 5.59. The Hall–Kier alpha value is -0.160. The minimum absolute atomic E-state index is 0.0419. The van der Waals surface area contributed by atoms with Gasteiger partial charge < -0.3 is 20.8 Å². The molecule has 0 radical (unpaired) electrons. The summed E-state index contributed by atoms with van der Waals surface area (Å²) in [5.74, 6) is 0. The maximum atomic E-state index is 9.43. The van der Waals surface area contributed by atoms with E-state index < -0.39 is 6.10 Å². The van der Waals surface area contributed by atoms with Crippen LogP contribution in [0.5, 0.6) is 0 Å². The van der Waals surface area contributed by atoms with Crippen molar-refractivity contribution in [3.05, 3.63) is 0 Å². The molecular weight excluding hydrogens is 156 g/mol. The van der Waals surface area contributed by atoms with E-state index in [4.69, 9.17) is 10.8 Å². The Kier molecular flexibility index (Phi) is 6.28. The number of rotatable bonds is 6. The summed E-state index contributed by atoms with van der Waals surface area (Å²) in [6.45, 7) is 0.862. The minimum Gasteiger partial charge on any atom is -0.396 e. The van der Waals surface area contributed by atoms with Crippen LogP contribution in [0.4, 0.5) is 0 Å². The lowest BCUT2D eigenvalue weighted by Crippen LogP contribution is -2.37. The maximum Gasteiger partial charge on any atom is 0.0704 e. The Bertz CT molecular complexity index is 109. The van der Waals surface area contributed by atoms with Gasteiger partial charge in [-0.05, 0) is 26.9 Å². The Labute approximate surface area is 74.0 Å². The highest BCUT2D eigenvalue weighted by Crippen LogP contribution is 2.00. The lowest BCUT2D eigenvalue weighted by Gasteiger charge is -2.19. The van der Waals surface area contributed by atoms with Gasteiger partial charge in [-0.2, -0.15) is 0 Å². The third-order valence-corrected chi connectivity index (χ3v) is 1.83. The highest BCUT2D eigenvalue weighted by atomic mass is 16.3. The van der Waals surface area contributed by atoms with E-state index in [1.54, 1.807) is 0 Å². The van der Waals surface area contributed by atoms with E-state index in [9.17, 15) is 5.11 Å². The lowest BCUT2D eigenvalue weighted by atomic mass is 10.1. The highest BCUT2D eigenvalue weighted by Gasteiger charge is 2.13. The maximum absolute atomic E-state index is 9.43. The van der Waals surface area contributed by atoms with Crippen molar-refractivity contribution in [3.63, 3.8) is 0 Å². The van der Waals surface area contributed by atoms with E-state index in [-0.39, 0.29) is 12.6 Å². The molecule has 0 saturated carbocycles. The zero-order valence-electron chi connectivity index (χ0n) is 7.90. The fraction of sp³-hybridized carbons (Fsp3) is 1.00. The molecule has 2 unspecified atom stereocenters. The number of aliphatic hydroxyl groups is 2. The fourth-order valence-electron chi connectivity index (χ4n) is 0.946. The standard InChI is InChI=1S/C8H20N2O2/c1-10(2)5-3-8(12)7(9)4-6-11/h7-8,11-12H,3-6,9H2,1-2H3. The molecule has 0 aliphatic heterocycles. The van der Waals surface area contributed by atoms with Gasteiger partial charge >= 0.3 is 0 Å². The van der Waals surface area contributed by atoms with Gasteiger partial charge in [-0.3, -0.25) is 0 Å². The number of nitrogens with two attached hydrogens (primary N) is 1. The first kappa shape index (κ1) is 11.8. The van der Waals surface area contributed by atoms with Gasteiger partial charge in [0.15, 0.2) is 0 Å². The van der Waals surface area contributed by atoms with E-state index in [2.05, 4.69) is 0 Å². The van der Waals surface area contributed by atoms with Crippen molar-refractivity contribution in [2.45, 2.75) is 25.0 Å². The third-order valence-electron chi connectivity index (χ3n) is 1.83. The second-order valence-corrected chi connectivity index (χ2v) is 3.34. The predicted molar refractivity (Wildman–Crippen MR) is 48.9 cm³/mol. The Morgan fingerprint density at radius 3 is 2.33 bits per heavy atom. The summed E-state index contributed by atoms with van der Waals surface area (Å²) in [7, 11) is 3.90. The Balaban J connectivity index is 3.49. The van der Waals surface area contributed by atoms with Crippen LogP contribution in [0.15, 0.2) is 0 Å². The first-order chi connectivity index (χ1) is 5.57. The predicted octanol–water partition coefficient (Wildman–Crippen LogP) is -0.991. The number of aliphatic hydroxyl groups excluding tert-OH is 2. The van der Waals surface area contributed by atoms with Gasteiger partial charge in [-0.1, -0.05) is 0 Å². The number of hydrogen-bond acceptors (Lipinski definition) is 4. The van der Waals surface area contributed by atoms with E-state index in [1.165, 1.54) is 0 Å². The molecule has 74 valence electrons. The largest absolute Gasteiger partial charge is 0.396 e. The van der Waals surface area contributed by atoms with Crippen molar-refractivity contribution in [3.8, 4) is 0 Å². The molecule has 4 heteroatoms. The molecule has 0 spiro atoms. The van der Waals surface area contributed by atoms with E-state index in [0.717, 1.165) is 6.54 Å². The molecule has 4 nitrogen and oxygen atoms in total. The van der Waals surface area contributed by atoms with Crippen LogP contribution in [0.1, 0.15) is 12.8 Å². The quantitative estimate of drug-likeness (QED) is 0.486. The molecule has 0 amide bonds. The molecule has 0 bridgehead atoms. The smallest absolute Gasteiger partial charge is 0.0704 e. The fourth-order valence-corrected chi connectivity index (χ4v) is 0.946. The molecule has 0 aromatic rings. The van der Waals surface area contributed by atoms with Gasteiger partial charge in [-0.15, -0.1) is 0 Å². The van der Waals surface area contributed by atoms with Crippen molar-refractivity contribution in [2.75, 3.05) is 27.2 Å². The average molecular weight is 176 g/mol. The van der Waals surface area contributed by atoms with Gasteiger partial charge in [0.1, 0.15) is 0 Å². The van der Waals surface area contributed by atoms with Gasteiger partial charge in [-0.25, -0.2) is 0 Å². The summed E-state index contributed by atoms with van der Waals surface area (Å²) in [5, 5.41) is 18.0. The summed E-state index contributed by atoms with van der Waals surface area (Å²) >= 11 is 0. The van der Waals surface area contributed by atoms with Crippen molar-refractivity contribution in [2.24, 2.45) is 5.73 Å². The number of hydrogen-bond donors (Lipinski definition) is 3. The van der Waals surface area contributed by atoms with Gasteiger partial charge in [0.05, 0.1) is 6.10 Å². The van der Waals surface area contributed by atoms with Crippen molar-refractivity contribution in [1.29, 1.82) is 0 Å². The summed E-state index contributed by atoms with van der Waals surface area (Å²) in [4.78, 5) is 1.99. The van der Waals surface area contributed by atoms with Crippen LogP contribution in [0, 0.1) is 0 Å². The molecule has 0 aromatic heterocycles. The van der Waals surface area contributed by atoms with Crippen LogP contribution >= 0.6 is 0 Å². The molecule has 0 fully saturated rings. The molecule has 4 N–H and O–H groups in total. The van der Waals surface area contributed by atoms with Gasteiger partial charge in [0.2, 0.25) is 0 Å². The van der Waals surface area contributed by atoms with Crippen LogP contribution in [-0.2, 0) is 0 Å². The molecule has 0 aliphatic carbocycles. The zero-order chi connectivity index (χ0) is 9.56. The third kappa shape index (κ3) is 5.49. The van der Waals surface area contributed by atoms with Gasteiger partial charge in [0.25, 0.3) is 0 Å². The first-order valence-corrected chi connectivity index (χ1v) is 4.27. The normalized spacial score (nSPS) is 16.5. The molecule has 12 heavy (non-hydrogen) atoms. The Morgan fingerprint density at radius 2 is 1.92 bits per heavy atom. The molecule has 0 heterocycles. The molecular formula is C8H20N2O2. The monoisotopic (exact) mass is 176 g/mol. The van der Waals surface area contributed by atoms with Crippen molar-refractivity contribution < 1.29 is 10.2 Å². The summed E-state index contributed by atoms with van der Waals surface area (Å²) in [6, 6.07) is -0.296. The Morgan fingerprint density at radius 1 is 1.33 bits per heavy atom. The SMILES string of the molecule is CN(C)CCC(O)C(N)CCO. The molecule has 0 saturated heterocycles. The molecule has 0 aliphatic rings. The van der Waals surface area contributed by atoms with Crippen LogP contribution in [0.3, 0.4) is 0 Å². The first-order valence-electron chi connectivity index (χ1n) is 4.27. The molecule has 2 atom stereocenters. The van der Waals surface area contributed by atoms with Crippen LogP contribution in [-0.4, -0.2) is 54.5 Å². The molecule has 0 aromatic carbocycles. The van der Waals surface area contributed by atoms with Crippen LogP contribution < -0.4 is 5.73 Å². The second kappa shape index (κ2) is 6.37. The average Bonchev–Trinajstić information content (AvgIpc) is 2.00. The summed E-state index contributed by atoms with van der Waals surface area (Å²) < 4.78 is 0. The van der Waals surface area contributed by atoms with E-state index in [1.807, 2.05) is 19.0 Å². The van der Waals surface area contributed by atoms with Crippen LogP contribution in [0.2, 0.25) is 0 Å². The van der Waals surface area contributed by atoms with Gasteiger partial charge in [0, 0.05) is 19.2 Å². The van der Waals surface area contributed by atoms with Crippen LogP contribution in [0.25, 0.3) is 0 Å². The van der Waals surface area contributed by atoms with Crippen molar-refractivity contribution in [1.82, 2.24) is 4.90 Å². The number of nitrogens with zero attached hydrogens (tertiary/aromatic N) is 1. The zero-order valence-corrected chi connectivity index (χ0v) is 7.90.